The van der Waals surface area contributed by atoms with Gasteiger partial charge in [0.2, 0.25) is 5.88 Å². The molecule has 2 heteroatoms. The van der Waals surface area contributed by atoms with Crippen LogP contribution < -0.4 is 4.74 Å². The number of para-hydroxylation sites is 1. The monoisotopic (exact) mass is 271 g/mol. The van der Waals surface area contributed by atoms with Crippen molar-refractivity contribution in [2.24, 2.45) is 0 Å². The highest BCUT2D eigenvalue weighted by molar-refractivity contribution is 5.98. The Morgan fingerprint density at radius 2 is 1.29 bits per heavy atom. The van der Waals surface area contributed by atoms with Gasteiger partial charge in [-0.2, -0.15) is 0 Å². The molecular formula is C19H13NO. The molecule has 100 valence electrons. The number of pyridine rings is 1. The molecule has 0 aliphatic rings. The van der Waals surface area contributed by atoms with Crippen molar-refractivity contribution in [2.45, 2.75) is 0 Å². The summed E-state index contributed by atoms with van der Waals surface area (Å²) < 4.78 is 5.79. The van der Waals surface area contributed by atoms with E-state index in [0.717, 1.165) is 16.5 Å². The molecule has 0 amide bonds. The lowest BCUT2D eigenvalue weighted by molar-refractivity contribution is 0.464. The Balaban J connectivity index is 1.80. The van der Waals surface area contributed by atoms with Crippen LogP contribution in [0.2, 0.25) is 0 Å². The molecule has 4 rings (SSSR count). The second kappa shape index (κ2) is 4.91. The third-order valence-electron chi connectivity index (χ3n) is 3.53. The number of rotatable bonds is 2. The number of benzene rings is 3. The molecule has 0 aliphatic carbocycles. The molecule has 0 unspecified atom stereocenters. The summed E-state index contributed by atoms with van der Waals surface area (Å²) in [6.07, 6.45) is 1.86. The van der Waals surface area contributed by atoms with Gasteiger partial charge in [0.25, 0.3) is 0 Å². The normalized spacial score (nSPS) is 10.9. The standard InChI is InChI=1S/C19H13NO/c1-2-8-18(9-3-1)21-19-12-16-10-14-6-4-5-7-15(14)11-17(16)13-20-19/h1-13H. The van der Waals surface area contributed by atoms with Crippen molar-refractivity contribution in [2.75, 3.05) is 0 Å². The Morgan fingerprint density at radius 3 is 2.05 bits per heavy atom. The zero-order chi connectivity index (χ0) is 14.1. The Bertz CT molecular complexity index is 916. The zero-order valence-electron chi connectivity index (χ0n) is 11.4. The SMILES string of the molecule is c1ccc(Oc2cc3cc4ccccc4cc3cn2)cc1. The molecule has 1 heterocycles. The number of hydrogen-bond donors (Lipinski definition) is 0. The number of hydrogen-bond acceptors (Lipinski definition) is 2. The summed E-state index contributed by atoms with van der Waals surface area (Å²) in [5.41, 5.74) is 0. The minimum absolute atomic E-state index is 0.615. The minimum Gasteiger partial charge on any atom is -0.439 e. The molecule has 0 atom stereocenters. The maximum Gasteiger partial charge on any atom is 0.219 e. The second-order valence-corrected chi connectivity index (χ2v) is 4.98. The summed E-state index contributed by atoms with van der Waals surface area (Å²) in [4.78, 5) is 4.39. The first-order valence-electron chi connectivity index (χ1n) is 6.90. The molecule has 0 saturated carbocycles. The fourth-order valence-electron chi connectivity index (χ4n) is 2.48. The van der Waals surface area contributed by atoms with Crippen LogP contribution in [-0.2, 0) is 0 Å². The highest BCUT2D eigenvalue weighted by Crippen LogP contribution is 2.26. The molecule has 2 nitrogen and oxygen atoms in total. The highest BCUT2D eigenvalue weighted by atomic mass is 16.5. The molecule has 3 aromatic carbocycles. The summed E-state index contributed by atoms with van der Waals surface area (Å²) in [6, 6.07) is 24.4. The predicted molar refractivity (Wildman–Crippen MR) is 85.8 cm³/mol. The summed E-state index contributed by atoms with van der Waals surface area (Å²) in [5, 5.41) is 4.70. The van der Waals surface area contributed by atoms with E-state index in [1.807, 2.05) is 42.6 Å². The van der Waals surface area contributed by atoms with Gasteiger partial charge in [-0.3, -0.25) is 0 Å². The molecule has 0 N–H and O–H groups in total. The van der Waals surface area contributed by atoms with Gasteiger partial charge in [0, 0.05) is 17.6 Å². The molecule has 0 bridgehead atoms. The van der Waals surface area contributed by atoms with E-state index in [0.29, 0.717) is 5.88 Å². The summed E-state index contributed by atoms with van der Waals surface area (Å²) in [7, 11) is 0. The quantitative estimate of drug-likeness (QED) is 0.469. The van der Waals surface area contributed by atoms with Crippen LogP contribution in [0, 0.1) is 0 Å². The number of ether oxygens (including phenoxy) is 1. The smallest absolute Gasteiger partial charge is 0.219 e. The van der Waals surface area contributed by atoms with Crippen LogP contribution in [0.1, 0.15) is 0 Å². The van der Waals surface area contributed by atoms with Crippen LogP contribution >= 0.6 is 0 Å². The molecule has 0 aliphatic heterocycles. The van der Waals surface area contributed by atoms with Gasteiger partial charge >= 0.3 is 0 Å². The molecule has 4 aromatic rings. The summed E-state index contributed by atoms with van der Waals surface area (Å²) >= 11 is 0. The van der Waals surface area contributed by atoms with Crippen molar-refractivity contribution in [1.29, 1.82) is 0 Å². The van der Waals surface area contributed by atoms with Crippen LogP contribution in [0.15, 0.2) is 79.0 Å². The van der Waals surface area contributed by atoms with Crippen molar-refractivity contribution < 1.29 is 4.74 Å². The van der Waals surface area contributed by atoms with Crippen molar-refractivity contribution in [3.8, 4) is 11.6 Å². The molecule has 0 saturated heterocycles. The van der Waals surface area contributed by atoms with E-state index < -0.39 is 0 Å². The lowest BCUT2D eigenvalue weighted by atomic mass is 10.1. The first-order valence-corrected chi connectivity index (χ1v) is 6.90. The average molecular weight is 271 g/mol. The van der Waals surface area contributed by atoms with Crippen LogP contribution in [0.3, 0.4) is 0 Å². The maximum atomic E-state index is 5.79. The maximum absolute atomic E-state index is 5.79. The van der Waals surface area contributed by atoms with Gasteiger partial charge in [0.1, 0.15) is 5.75 Å². The van der Waals surface area contributed by atoms with Crippen LogP contribution in [0.4, 0.5) is 0 Å². The van der Waals surface area contributed by atoms with Gasteiger partial charge in [0.15, 0.2) is 0 Å². The van der Waals surface area contributed by atoms with E-state index >= 15 is 0 Å². The van der Waals surface area contributed by atoms with E-state index in [-0.39, 0.29) is 0 Å². The number of fused-ring (bicyclic) bond motifs is 2. The molecule has 0 spiro atoms. The second-order valence-electron chi connectivity index (χ2n) is 4.98. The fourth-order valence-corrected chi connectivity index (χ4v) is 2.48. The highest BCUT2D eigenvalue weighted by Gasteiger charge is 2.02. The van der Waals surface area contributed by atoms with Crippen molar-refractivity contribution >= 4 is 21.5 Å². The van der Waals surface area contributed by atoms with Crippen LogP contribution in [0.25, 0.3) is 21.5 Å². The Labute approximate surface area is 122 Å². The van der Waals surface area contributed by atoms with Gasteiger partial charge in [-0.15, -0.1) is 0 Å². The largest absolute Gasteiger partial charge is 0.439 e. The Morgan fingerprint density at radius 1 is 0.619 bits per heavy atom. The van der Waals surface area contributed by atoms with Crippen molar-refractivity contribution in [3.63, 3.8) is 0 Å². The van der Waals surface area contributed by atoms with Gasteiger partial charge in [0.05, 0.1) is 0 Å². The Kier molecular flexibility index (Phi) is 2.79. The lowest BCUT2D eigenvalue weighted by Gasteiger charge is -2.06. The lowest BCUT2D eigenvalue weighted by Crippen LogP contribution is -1.87. The fraction of sp³-hybridized carbons (Fsp3) is 0. The van der Waals surface area contributed by atoms with Gasteiger partial charge < -0.3 is 4.74 Å². The van der Waals surface area contributed by atoms with Gasteiger partial charge in [-0.05, 0) is 40.4 Å². The number of nitrogens with zero attached hydrogens (tertiary/aromatic N) is 1. The van der Waals surface area contributed by atoms with Crippen LogP contribution in [0.5, 0.6) is 11.6 Å². The molecule has 0 radical (unpaired) electrons. The van der Waals surface area contributed by atoms with E-state index in [1.54, 1.807) is 0 Å². The van der Waals surface area contributed by atoms with E-state index in [2.05, 4.69) is 41.4 Å². The Hall–Kier alpha value is -2.87. The summed E-state index contributed by atoms with van der Waals surface area (Å²) in [5.74, 6) is 1.41. The van der Waals surface area contributed by atoms with E-state index in [4.69, 9.17) is 4.74 Å². The molecule has 21 heavy (non-hydrogen) atoms. The van der Waals surface area contributed by atoms with Crippen molar-refractivity contribution in [3.05, 3.63) is 79.0 Å². The topological polar surface area (TPSA) is 22.1 Å². The molecule has 0 fully saturated rings. The van der Waals surface area contributed by atoms with E-state index in [9.17, 15) is 0 Å². The zero-order valence-corrected chi connectivity index (χ0v) is 11.4. The minimum atomic E-state index is 0.615. The molecular weight excluding hydrogens is 258 g/mol. The first kappa shape index (κ1) is 11.9. The third kappa shape index (κ3) is 2.32. The van der Waals surface area contributed by atoms with Crippen LogP contribution in [-0.4, -0.2) is 4.98 Å². The number of aromatic nitrogens is 1. The molecule has 1 aromatic heterocycles. The average Bonchev–Trinajstić information content (AvgIpc) is 2.54. The van der Waals surface area contributed by atoms with Gasteiger partial charge in [-0.25, -0.2) is 4.98 Å². The van der Waals surface area contributed by atoms with E-state index in [1.165, 1.54) is 10.8 Å². The first-order chi connectivity index (χ1) is 10.4. The van der Waals surface area contributed by atoms with Crippen molar-refractivity contribution in [1.82, 2.24) is 4.98 Å². The summed E-state index contributed by atoms with van der Waals surface area (Å²) in [6.45, 7) is 0. The van der Waals surface area contributed by atoms with Gasteiger partial charge in [-0.1, -0.05) is 42.5 Å². The predicted octanol–water partition coefficient (Wildman–Crippen LogP) is 5.18. The third-order valence-corrected chi connectivity index (χ3v) is 3.53.